The maximum Gasteiger partial charge on any atom is 0.203 e. The Morgan fingerprint density at radius 3 is 2.07 bits per heavy atom. The highest BCUT2D eigenvalue weighted by molar-refractivity contribution is 7.73. The van der Waals surface area contributed by atoms with E-state index < -0.39 is 7.29 Å². The minimum atomic E-state index is -2.87. The van der Waals surface area contributed by atoms with Crippen molar-refractivity contribution < 1.29 is 4.57 Å². The Morgan fingerprint density at radius 1 is 0.800 bits per heavy atom. The van der Waals surface area contributed by atoms with Crippen molar-refractivity contribution in [3.8, 4) is 0 Å². The number of hydrogen-bond donors (Lipinski definition) is 0. The van der Waals surface area contributed by atoms with Crippen LogP contribution in [0.4, 0.5) is 0 Å². The minimum Gasteiger partial charge on any atom is -0.297 e. The lowest BCUT2D eigenvalue weighted by atomic mass is 9.85. The van der Waals surface area contributed by atoms with Crippen LogP contribution in [0.1, 0.15) is 17.2 Å². The monoisotopic (exact) mass is 411 g/mol. The Labute approximate surface area is 179 Å². The average Bonchev–Trinajstić information content (AvgIpc) is 3.03. The number of hydrogen-bond acceptors (Lipinski definition) is 1. The van der Waals surface area contributed by atoms with Gasteiger partial charge in [-0.1, -0.05) is 97.1 Å². The maximum absolute atomic E-state index is 14.7. The predicted molar refractivity (Wildman–Crippen MR) is 125 cm³/mol. The van der Waals surface area contributed by atoms with E-state index in [-0.39, 0.29) is 17.9 Å². The first-order valence-electron chi connectivity index (χ1n) is 10.6. The SMILES string of the molecule is CN1[C@H](c2ccccc2)[C@H]2C=C[C@@H](Cc3ccccc3)C=C2P1(=O)c1ccccc1. The molecule has 0 N–H and O–H groups in total. The zero-order valence-electron chi connectivity index (χ0n) is 17.1. The molecule has 1 heterocycles. The zero-order valence-corrected chi connectivity index (χ0v) is 18.0. The maximum atomic E-state index is 14.7. The van der Waals surface area contributed by atoms with Crippen molar-refractivity contribution in [2.24, 2.45) is 11.8 Å². The van der Waals surface area contributed by atoms with Crippen LogP contribution in [0.3, 0.4) is 0 Å². The molecule has 0 bridgehead atoms. The molecule has 3 aromatic rings. The molecule has 3 heteroatoms. The molecular weight excluding hydrogens is 385 g/mol. The quantitative estimate of drug-likeness (QED) is 0.376. The van der Waals surface area contributed by atoms with Crippen LogP contribution in [0.15, 0.2) is 115 Å². The summed E-state index contributed by atoms with van der Waals surface area (Å²) in [4.78, 5) is 0. The third kappa shape index (κ3) is 3.21. The minimum absolute atomic E-state index is 0.0809. The van der Waals surface area contributed by atoms with E-state index in [1.165, 1.54) is 11.1 Å². The summed E-state index contributed by atoms with van der Waals surface area (Å²) in [5, 5.41) is 2.02. The van der Waals surface area contributed by atoms with Crippen LogP contribution in [-0.2, 0) is 11.0 Å². The Bertz CT molecular complexity index is 1120. The van der Waals surface area contributed by atoms with E-state index in [2.05, 4.69) is 77.5 Å². The molecule has 4 atom stereocenters. The first kappa shape index (κ1) is 19.3. The van der Waals surface area contributed by atoms with Crippen LogP contribution in [-0.4, -0.2) is 11.7 Å². The third-order valence-corrected chi connectivity index (χ3v) is 9.67. The topological polar surface area (TPSA) is 20.3 Å². The first-order chi connectivity index (χ1) is 14.7. The molecule has 0 amide bonds. The van der Waals surface area contributed by atoms with Gasteiger partial charge in [0.15, 0.2) is 0 Å². The highest BCUT2D eigenvalue weighted by atomic mass is 31.2. The van der Waals surface area contributed by atoms with Gasteiger partial charge in [0.2, 0.25) is 7.29 Å². The summed E-state index contributed by atoms with van der Waals surface area (Å²) in [5.74, 6) is 0.397. The molecule has 0 aromatic heterocycles. The fraction of sp³-hybridized carbons (Fsp3) is 0.185. The van der Waals surface area contributed by atoms with Crippen LogP contribution in [0.2, 0.25) is 0 Å². The molecule has 1 saturated heterocycles. The summed E-state index contributed by atoms with van der Waals surface area (Å²) >= 11 is 0. The van der Waals surface area contributed by atoms with Crippen molar-refractivity contribution in [1.29, 1.82) is 0 Å². The normalized spacial score (nSPS) is 28.2. The summed E-state index contributed by atoms with van der Waals surface area (Å²) in [6, 6.07) is 31.2. The summed E-state index contributed by atoms with van der Waals surface area (Å²) in [6.45, 7) is 0. The lowest BCUT2D eigenvalue weighted by Crippen LogP contribution is -2.22. The van der Waals surface area contributed by atoms with Gasteiger partial charge >= 0.3 is 0 Å². The molecule has 0 spiro atoms. The fourth-order valence-corrected chi connectivity index (χ4v) is 8.21. The second kappa shape index (κ2) is 7.87. The van der Waals surface area contributed by atoms with Crippen molar-refractivity contribution in [3.63, 3.8) is 0 Å². The molecule has 150 valence electrons. The Balaban J connectivity index is 1.60. The van der Waals surface area contributed by atoms with Crippen molar-refractivity contribution in [3.05, 3.63) is 126 Å². The molecule has 2 nitrogen and oxygen atoms in total. The van der Waals surface area contributed by atoms with Crippen LogP contribution >= 0.6 is 7.29 Å². The van der Waals surface area contributed by atoms with Gasteiger partial charge in [-0.05, 0) is 42.6 Å². The van der Waals surface area contributed by atoms with Crippen molar-refractivity contribution in [2.45, 2.75) is 12.5 Å². The molecular formula is C27H26NOP. The standard InChI is InChI=1S/C27H26NOP/c1-28-27(23-13-7-3-8-14-23)25-18-17-22(19-21-11-5-2-6-12-21)20-26(25)30(28,29)24-15-9-4-10-16-24/h2-18,20,22,25,27H,19H2,1H3/t22-,25-,27+,30?/m0/s1. The van der Waals surface area contributed by atoms with E-state index in [4.69, 9.17) is 0 Å². The van der Waals surface area contributed by atoms with E-state index in [1.54, 1.807) is 0 Å². The largest absolute Gasteiger partial charge is 0.297 e. The predicted octanol–water partition coefficient (Wildman–Crippen LogP) is 6.21. The highest BCUT2D eigenvalue weighted by Gasteiger charge is 2.52. The lowest BCUT2D eigenvalue weighted by molar-refractivity contribution is 0.371. The van der Waals surface area contributed by atoms with Gasteiger partial charge in [0.05, 0.1) is 6.04 Å². The van der Waals surface area contributed by atoms with Crippen molar-refractivity contribution >= 4 is 12.6 Å². The summed E-state index contributed by atoms with van der Waals surface area (Å²) in [6.07, 6.45) is 7.85. The molecule has 1 fully saturated rings. The zero-order chi connectivity index (χ0) is 20.6. The van der Waals surface area contributed by atoms with Gasteiger partial charge in [0, 0.05) is 16.5 Å². The molecule has 0 radical (unpaired) electrons. The second-order valence-corrected chi connectivity index (χ2v) is 11.0. The molecule has 1 unspecified atom stereocenters. The Hall–Kier alpha value is -2.67. The van der Waals surface area contributed by atoms with E-state index in [1.807, 2.05) is 43.4 Å². The van der Waals surface area contributed by atoms with E-state index in [0.29, 0.717) is 0 Å². The number of benzene rings is 3. The molecule has 1 aliphatic heterocycles. The van der Waals surface area contributed by atoms with E-state index >= 15 is 0 Å². The summed E-state index contributed by atoms with van der Waals surface area (Å²) in [5.41, 5.74) is 2.53. The highest BCUT2D eigenvalue weighted by Crippen LogP contribution is 2.70. The molecule has 30 heavy (non-hydrogen) atoms. The molecule has 0 saturated carbocycles. The fourth-order valence-electron chi connectivity index (χ4n) is 4.95. The van der Waals surface area contributed by atoms with Gasteiger partial charge in [0.25, 0.3) is 0 Å². The molecule has 2 aliphatic rings. The van der Waals surface area contributed by atoms with E-state index in [9.17, 15) is 4.57 Å². The molecule has 5 rings (SSSR count). The van der Waals surface area contributed by atoms with E-state index in [0.717, 1.165) is 17.0 Å². The van der Waals surface area contributed by atoms with Crippen LogP contribution in [0, 0.1) is 11.8 Å². The van der Waals surface area contributed by atoms with Crippen molar-refractivity contribution in [1.82, 2.24) is 4.67 Å². The Morgan fingerprint density at radius 2 is 1.40 bits per heavy atom. The summed E-state index contributed by atoms with van der Waals surface area (Å²) in [7, 11) is -0.833. The van der Waals surface area contributed by atoms with Gasteiger partial charge in [-0.15, -0.1) is 0 Å². The summed E-state index contributed by atoms with van der Waals surface area (Å²) < 4.78 is 16.9. The average molecular weight is 411 g/mol. The second-order valence-electron chi connectivity index (χ2n) is 8.20. The number of nitrogens with zero attached hydrogens (tertiary/aromatic N) is 1. The van der Waals surface area contributed by atoms with Crippen molar-refractivity contribution in [2.75, 3.05) is 7.05 Å². The number of fused-ring (bicyclic) bond motifs is 1. The van der Waals surface area contributed by atoms with Gasteiger partial charge < -0.3 is 0 Å². The van der Waals surface area contributed by atoms with Crippen LogP contribution < -0.4 is 5.30 Å². The Kier molecular flexibility index (Phi) is 5.06. The van der Waals surface area contributed by atoms with Gasteiger partial charge in [0.1, 0.15) is 0 Å². The number of rotatable bonds is 4. The van der Waals surface area contributed by atoms with Gasteiger partial charge in [-0.25, -0.2) is 4.67 Å². The van der Waals surface area contributed by atoms with Gasteiger partial charge in [-0.3, -0.25) is 4.57 Å². The molecule has 3 aromatic carbocycles. The third-order valence-electron chi connectivity index (χ3n) is 6.39. The van der Waals surface area contributed by atoms with Crippen LogP contribution in [0.5, 0.6) is 0 Å². The first-order valence-corrected chi connectivity index (χ1v) is 12.2. The molecule has 1 aliphatic carbocycles. The lowest BCUT2D eigenvalue weighted by Gasteiger charge is -2.26. The van der Waals surface area contributed by atoms with Crippen LogP contribution in [0.25, 0.3) is 0 Å². The smallest absolute Gasteiger partial charge is 0.203 e. The number of allylic oxidation sites excluding steroid dienone is 2. The van der Waals surface area contributed by atoms with Gasteiger partial charge in [-0.2, -0.15) is 0 Å².